The molecular weight excluding hydrogens is 272 g/mol. The molecule has 0 atom stereocenters. The maximum atomic E-state index is 12.0. The Kier molecular flexibility index (Phi) is 5.14. The van der Waals surface area contributed by atoms with Crippen LogP contribution in [0.3, 0.4) is 0 Å². The molecule has 0 aliphatic carbocycles. The molecule has 0 bridgehead atoms. The van der Waals surface area contributed by atoms with Crippen LogP contribution in [-0.2, 0) is 20.6 Å². The van der Waals surface area contributed by atoms with Gasteiger partial charge in [-0.15, -0.1) is 0 Å². The van der Waals surface area contributed by atoms with E-state index in [1.54, 1.807) is 13.2 Å². The number of ether oxygens (including phenoxy) is 3. The molecule has 0 N–H and O–H groups in total. The van der Waals surface area contributed by atoms with E-state index in [2.05, 4.69) is 4.98 Å². The molecular formula is C15H22N2O4. The number of amides is 1. The molecule has 0 spiro atoms. The Morgan fingerprint density at radius 1 is 1.43 bits per heavy atom. The predicted octanol–water partition coefficient (Wildman–Crippen LogP) is 1.84. The van der Waals surface area contributed by atoms with Gasteiger partial charge in [0.1, 0.15) is 0 Å². The maximum Gasteiger partial charge on any atom is 0.409 e. The molecule has 116 valence electrons. The summed E-state index contributed by atoms with van der Waals surface area (Å²) in [7, 11) is 1.71. The minimum absolute atomic E-state index is 0.354. The quantitative estimate of drug-likeness (QED) is 0.848. The number of hydrogen-bond donors (Lipinski definition) is 0. The highest BCUT2D eigenvalue weighted by molar-refractivity contribution is 5.67. The molecule has 0 unspecified atom stereocenters. The van der Waals surface area contributed by atoms with Crippen LogP contribution in [0.1, 0.15) is 19.5 Å². The summed E-state index contributed by atoms with van der Waals surface area (Å²) < 4.78 is 16.3. The molecule has 1 fully saturated rings. The average molecular weight is 294 g/mol. The van der Waals surface area contributed by atoms with Crippen molar-refractivity contribution in [1.29, 1.82) is 0 Å². The van der Waals surface area contributed by atoms with E-state index in [0.29, 0.717) is 26.2 Å². The summed E-state index contributed by atoms with van der Waals surface area (Å²) in [5, 5.41) is 0. The first-order chi connectivity index (χ1) is 9.96. The molecule has 1 aliphatic heterocycles. The van der Waals surface area contributed by atoms with E-state index in [-0.39, 0.29) is 12.2 Å². The summed E-state index contributed by atoms with van der Waals surface area (Å²) in [4.78, 5) is 17.7. The molecule has 0 saturated carbocycles. The molecule has 21 heavy (non-hydrogen) atoms. The summed E-state index contributed by atoms with van der Waals surface area (Å²) in [6.07, 6.45) is 1.70. The fraction of sp³-hybridized carbons (Fsp3) is 0.600. The highest BCUT2D eigenvalue weighted by Gasteiger charge is 2.30. The van der Waals surface area contributed by atoms with E-state index in [1.165, 1.54) is 4.90 Å². The summed E-state index contributed by atoms with van der Waals surface area (Å²) in [5.41, 5.74) is 0.947. The van der Waals surface area contributed by atoms with Crippen LogP contribution in [-0.4, -0.2) is 54.7 Å². The molecule has 1 saturated heterocycles. The summed E-state index contributed by atoms with van der Waals surface area (Å²) in [6, 6.07) is 5.73. The van der Waals surface area contributed by atoms with Crippen LogP contribution in [0.4, 0.5) is 4.79 Å². The summed E-state index contributed by atoms with van der Waals surface area (Å²) in [6.45, 7) is 4.93. The Labute approximate surface area is 125 Å². The highest BCUT2D eigenvalue weighted by atomic mass is 16.7. The molecule has 6 heteroatoms. The minimum atomic E-state index is -0.603. The van der Waals surface area contributed by atoms with Gasteiger partial charge in [0.15, 0.2) is 11.9 Å². The number of aromatic nitrogens is 1. The van der Waals surface area contributed by atoms with Gasteiger partial charge in [-0.1, -0.05) is 6.07 Å². The number of likely N-dealkylation sites (N-methyl/N-ethyl adjacent to an activating group) is 1. The lowest BCUT2D eigenvalue weighted by atomic mass is 10.2. The Balaban J connectivity index is 1.73. The number of carbonyl (C=O) groups excluding carboxylic acids is 1. The first kappa shape index (κ1) is 15.7. The van der Waals surface area contributed by atoms with Crippen LogP contribution in [0.2, 0.25) is 0 Å². The number of rotatable bonds is 4. The van der Waals surface area contributed by atoms with Crippen molar-refractivity contribution in [2.24, 2.45) is 0 Å². The second kappa shape index (κ2) is 6.87. The number of pyridine rings is 1. The lowest BCUT2D eigenvalue weighted by molar-refractivity contribution is -0.272. The van der Waals surface area contributed by atoms with E-state index >= 15 is 0 Å². The molecule has 1 aliphatic rings. The lowest BCUT2D eigenvalue weighted by Gasteiger charge is -2.35. The zero-order valence-corrected chi connectivity index (χ0v) is 12.7. The van der Waals surface area contributed by atoms with Crippen molar-refractivity contribution in [3.05, 3.63) is 30.1 Å². The van der Waals surface area contributed by atoms with E-state index in [9.17, 15) is 4.79 Å². The first-order valence-corrected chi connectivity index (χ1v) is 7.06. The van der Waals surface area contributed by atoms with Gasteiger partial charge in [0.2, 0.25) is 0 Å². The van der Waals surface area contributed by atoms with Crippen LogP contribution < -0.4 is 0 Å². The van der Waals surface area contributed by atoms with Crippen molar-refractivity contribution in [2.45, 2.75) is 32.2 Å². The van der Waals surface area contributed by atoms with Gasteiger partial charge < -0.3 is 19.1 Å². The Hall–Kier alpha value is -1.66. The van der Waals surface area contributed by atoms with E-state index in [4.69, 9.17) is 14.2 Å². The minimum Gasteiger partial charge on any atom is -0.441 e. The molecule has 1 aromatic rings. The summed E-state index contributed by atoms with van der Waals surface area (Å²) in [5.74, 6) is -0.603. The van der Waals surface area contributed by atoms with Crippen molar-refractivity contribution < 1.29 is 19.0 Å². The maximum absolute atomic E-state index is 12.0. The third kappa shape index (κ3) is 4.99. The highest BCUT2D eigenvalue weighted by Crippen LogP contribution is 2.18. The van der Waals surface area contributed by atoms with Crippen molar-refractivity contribution in [1.82, 2.24) is 9.88 Å². The molecule has 2 rings (SSSR count). The molecule has 1 amide bonds. The number of nitrogens with zero attached hydrogens (tertiary/aromatic N) is 2. The van der Waals surface area contributed by atoms with Crippen molar-refractivity contribution in [3.8, 4) is 0 Å². The largest absolute Gasteiger partial charge is 0.441 e. The average Bonchev–Trinajstić information content (AvgIpc) is 2.48. The first-order valence-electron chi connectivity index (χ1n) is 7.06. The Bertz CT molecular complexity index is 454. The lowest BCUT2D eigenvalue weighted by Crippen LogP contribution is -2.45. The second-order valence-corrected chi connectivity index (χ2v) is 5.52. The van der Waals surface area contributed by atoms with Gasteiger partial charge >= 0.3 is 6.09 Å². The Morgan fingerprint density at radius 3 is 2.76 bits per heavy atom. The van der Waals surface area contributed by atoms with Gasteiger partial charge in [-0.2, -0.15) is 0 Å². The molecule has 1 aromatic heterocycles. The van der Waals surface area contributed by atoms with Crippen molar-refractivity contribution >= 4 is 6.09 Å². The van der Waals surface area contributed by atoms with E-state index in [1.807, 2.05) is 32.0 Å². The SMILES string of the molecule is CN(CCc1ccccn1)C(=O)OC1COC(C)(C)OC1. The zero-order chi connectivity index (χ0) is 15.3. The second-order valence-electron chi connectivity index (χ2n) is 5.52. The van der Waals surface area contributed by atoms with Crippen LogP contribution in [0.25, 0.3) is 0 Å². The van der Waals surface area contributed by atoms with Crippen LogP contribution in [0, 0.1) is 0 Å². The number of carbonyl (C=O) groups is 1. The predicted molar refractivity (Wildman–Crippen MR) is 76.8 cm³/mol. The van der Waals surface area contributed by atoms with Gasteiger partial charge in [0, 0.05) is 31.9 Å². The van der Waals surface area contributed by atoms with Crippen LogP contribution in [0.15, 0.2) is 24.4 Å². The van der Waals surface area contributed by atoms with E-state index in [0.717, 1.165) is 5.69 Å². The van der Waals surface area contributed by atoms with Crippen LogP contribution >= 0.6 is 0 Å². The fourth-order valence-corrected chi connectivity index (χ4v) is 1.90. The molecule has 0 radical (unpaired) electrons. The van der Waals surface area contributed by atoms with Crippen molar-refractivity contribution in [3.63, 3.8) is 0 Å². The fourth-order valence-electron chi connectivity index (χ4n) is 1.90. The monoisotopic (exact) mass is 294 g/mol. The van der Waals surface area contributed by atoms with Gasteiger partial charge in [-0.05, 0) is 26.0 Å². The third-order valence-electron chi connectivity index (χ3n) is 3.24. The zero-order valence-electron chi connectivity index (χ0n) is 12.7. The Morgan fingerprint density at radius 2 is 2.14 bits per heavy atom. The van der Waals surface area contributed by atoms with Gasteiger partial charge in [0.05, 0.1) is 13.2 Å². The van der Waals surface area contributed by atoms with Crippen LogP contribution in [0.5, 0.6) is 0 Å². The number of hydrogen-bond acceptors (Lipinski definition) is 5. The third-order valence-corrected chi connectivity index (χ3v) is 3.24. The van der Waals surface area contributed by atoms with Gasteiger partial charge in [0.25, 0.3) is 0 Å². The van der Waals surface area contributed by atoms with Gasteiger partial charge in [-0.25, -0.2) is 4.79 Å². The van der Waals surface area contributed by atoms with Crippen molar-refractivity contribution in [2.75, 3.05) is 26.8 Å². The topological polar surface area (TPSA) is 60.9 Å². The summed E-state index contributed by atoms with van der Waals surface area (Å²) >= 11 is 0. The van der Waals surface area contributed by atoms with Gasteiger partial charge in [-0.3, -0.25) is 4.98 Å². The standard InChI is InChI=1S/C15H22N2O4/c1-15(2)19-10-13(11-20-15)21-14(18)17(3)9-7-12-6-4-5-8-16-12/h4-6,8,13H,7,9-11H2,1-3H3. The molecule has 0 aromatic carbocycles. The molecule has 6 nitrogen and oxygen atoms in total. The smallest absolute Gasteiger partial charge is 0.409 e. The molecule has 2 heterocycles. The normalized spacial score (nSPS) is 18.2. The van der Waals surface area contributed by atoms with E-state index < -0.39 is 5.79 Å².